The number of nitrogens with one attached hydrogen (secondary N) is 2. The molecule has 1 atom stereocenters. The van der Waals surface area contributed by atoms with Crippen LogP contribution in [0.4, 0.5) is 10.1 Å². The van der Waals surface area contributed by atoms with Crippen LogP contribution in [0.5, 0.6) is 0 Å². The van der Waals surface area contributed by atoms with Gasteiger partial charge in [-0.25, -0.2) is 9.07 Å². The van der Waals surface area contributed by atoms with E-state index in [-0.39, 0.29) is 18.8 Å². The average Bonchev–Trinajstić information content (AvgIpc) is 3.69. The summed E-state index contributed by atoms with van der Waals surface area (Å²) in [5.41, 5.74) is 10.7. The van der Waals surface area contributed by atoms with E-state index in [1.165, 1.54) is 18.9 Å². The molecule has 1 amide bonds. The van der Waals surface area contributed by atoms with Crippen LogP contribution >= 0.6 is 0 Å². The van der Waals surface area contributed by atoms with E-state index >= 15 is 0 Å². The van der Waals surface area contributed by atoms with Gasteiger partial charge in [-0.15, -0.1) is 0 Å². The van der Waals surface area contributed by atoms with Gasteiger partial charge in [-0.3, -0.25) is 4.79 Å². The second kappa shape index (κ2) is 11.0. The number of amides is 1. The molecule has 194 valence electrons. The Balaban J connectivity index is 0.00000353. The molecule has 4 N–H and O–H groups in total. The Labute approximate surface area is 222 Å². The summed E-state index contributed by atoms with van der Waals surface area (Å²) in [6.45, 7) is 2.98. The molecule has 8 heteroatoms. The van der Waals surface area contributed by atoms with E-state index in [4.69, 9.17) is 5.73 Å². The zero-order chi connectivity index (χ0) is 26.6. The van der Waals surface area contributed by atoms with Gasteiger partial charge < -0.3 is 16.4 Å². The third-order valence-electron chi connectivity index (χ3n) is 6.68. The number of nitrogens with zero attached hydrogens (tertiary/aromatic N) is 3. The molecule has 0 spiro atoms. The van der Waals surface area contributed by atoms with Crippen molar-refractivity contribution in [3.8, 4) is 11.8 Å². The molecule has 0 radical (unpaired) electrons. The van der Waals surface area contributed by atoms with Crippen molar-refractivity contribution in [3.63, 3.8) is 0 Å². The number of rotatable bonds is 9. The minimum atomic E-state index is -0.540. The number of hydrogen-bond acceptors (Lipinski definition) is 5. The standard InChI is InChI=1S/C30H29FN6O.H2/c1-19-12-28(37(36-19)25-7-3-5-22(14-25)17-33)30(38)35-27-15-24(10-11-26(27)31)29(34-18-20-8-9-20)23-6-2-4-21(13-23)16-32;/h2-7,10-15,20,29,34H,8-9,17-18,33H2,1H3,(H,35,38);1H/t29-;/m1./s1. The van der Waals surface area contributed by atoms with Gasteiger partial charge in [0.15, 0.2) is 0 Å². The molecule has 7 nitrogen and oxygen atoms in total. The van der Waals surface area contributed by atoms with Crippen molar-refractivity contribution >= 4 is 11.6 Å². The number of hydrogen-bond donors (Lipinski definition) is 3. The minimum absolute atomic E-state index is 0. The summed E-state index contributed by atoms with van der Waals surface area (Å²) in [6, 6.07) is 23.2. The number of nitrogens with two attached hydrogens (primary N) is 1. The smallest absolute Gasteiger partial charge is 0.274 e. The van der Waals surface area contributed by atoms with E-state index < -0.39 is 11.7 Å². The predicted molar refractivity (Wildman–Crippen MR) is 146 cm³/mol. The highest BCUT2D eigenvalue weighted by Crippen LogP contribution is 2.31. The Morgan fingerprint density at radius 3 is 2.71 bits per heavy atom. The molecule has 0 aliphatic heterocycles. The molecule has 0 bridgehead atoms. The highest BCUT2D eigenvalue weighted by molar-refractivity contribution is 6.03. The van der Waals surface area contributed by atoms with Gasteiger partial charge in [-0.1, -0.05) is 30.3 Å². The van der Waals surface area contributed by atoms with E-state index in [1.54, 1.807) is 35.9 Å². The number of anilines is 1. The number of carbonyl (C=O) groups is 1. The van der Waals surface area contributed by atoms with Crippen molar-refractivity contribution in [2.24, 2.45) is 11.7 Å². The number of benzene rings is 3. The molecular formula is C30H31FN6O. The second-order valence-corrected chi connectivity index (χ2v) is 9.67. The fourth-order valence-corrected chi connectivity index (χ4v) is 4.50. The lowest BCUT2D eigenvalue weighted by Crippen LogP contribution is -2.25. The third kappa shape index (κ3) is 5.65. The molecule has 1 aliphatic rings. The molecule has 0 saturated heterocycles. The molecule has 4 aromatic rings. The Morgan fingerprint density at radius 1 is 1.16 bits per heavy atom. The van der Waals surface area contributed by atoms with Crippen LogP contribution in [0, 0.1) is 30.0 Å². The van der Waals surface area contributed by atoms with E-state index in [0.717, 1.165) is 23.2 Å². The first-order chi connectivity index (χ1) is 18.4. The molecular weight excluding hydrogens is 479 g/mol. The summed E-state index contributed by atoms with van der Waals surface area (Å²) >= 11 is 0. The highest BCUT2D eigenvalue weighted by Gasteiger charge is 2.25. The summed E-state index contributed by atoms with van der Waals surface area (Å²) in [6.07, 6.45) is 2.37. The number of carbonyl (C=O) groups excluding carboxylic acids is 1. The normalized spacial score (nSPS) is 13.6. The van der Waals surface area contributed by atoms with Crippen molar-refractivity contribution in [3.05, 3.63) is 112 Å². The van der Waals surface area contributed by atoms with Crippen molar-refractivity contribution in [1.29, 1.82) is 5.26 Å². The zero-order valence-electron chi connectivity index (χ0n) is 21.1. The molecule has 1 aromatic heterocycles. The van der Waals surface area contributed by atoms with Crippen molar-refractivity contribution in [2.75, 3.05) is 11.9 Å². The SMILES string of the molecule is Cc1cc(C(=O)Nc2cc([C@H](NCC3CC3)c3cccc(C#N)c3)ccc2F)n(-c2cccc(CN)c2)n1.[HH]. The third-order valence-corrected chi connectivity index (χ3v) is 6.68. The molecule has 1 aliphatic carbocycles. The summed E-state index contributed by atoms with van der Waals surface area (Å²) in [5, 5.41) is 20.2. The quantitative estimate of drug-likeness (QED) is 0.285. The van der Waals surface area contributed by atoms with Gasteiger partial charge in [-0.2, -0.15) is 10.4 Å². The first kappa shape index (κ1) is 25.3. The lowest BCUT2D eigenvalue weighted by molar-refractivity contribution is 0.101. The summed E-state index contributed by atoms with van der Waals surface area (Å²) in [4.78, 5) is 13.4. The van der Waals surface area contributed by atoms with Gasteiger partial charge in [0.2, 0.25) is 0 Å². The highest BCUT2D eigenvalue weighted by atomic mass is 19.1. The minimum Gasteiger partial charge on any atom is -0.326 e. The second-order valence-electron chi connectivity index (χ2n) is 9.67. The molecule has 0 unspecified atom stereocenters. The maximum absolute atomic E-state index is 15.0. The van der Waals surface area contributed by atoms with Crippen LogP contribution in [-0.2, 0) is 6.54 Å². The lowest BCUT2D eigenvalue weighted by Gasteiger charge is -2.21. The molecule has 3 aromatic carbocycles. The van der Waals surface area contributed by atoms with Crippen molar-refractivity contribution < 1.29 is 10.6 Å². The maximum Gasteiger partial charge on any atom is 0.274 e. The molecule has 1 saturated carbocycles. The van der Waals surface area contributed by atoms with E-state index in [1.807, 2.05) is 42.5 Å². The summed E-state index contributed by atoms with van der Waals surface area (Å²) in [5.74, 6) is -0.395. The van der Waals surface area contributed by atoms with Gasteiger partial charge in [0.25, 0.3) is 5.91 Å². The number of aromatic nitrogens is 2. The maximum atomic E-state index is 15.0. The first-order valence-corrected chi connectivity index (χ1v) is 12.7. The zero-order valence-corrected chi connectivity index (χ0v) is 21.1. The fourth-order valence-electron chi connectivity index (χ4n) is 4.50. The molecule has 38 heavy (non-hydrogen) atoms. The number of halogens is 1. The van der Waals surface area contributed by atoms with Crippen LogP contribution in [0.25, 0.3) is 5.69 Å². The van der Waals surface area contributed by atoms with Crippen LogP contribution in [-0.4, -0.2) is 22.2 Å². The molecule has 1 fully saturated rings. The van der Waals surface area contributed by atoms with Crippen LogP contribution in [0.15, 0.2) is 72.8 Å². The van der Waals surface area contributed by atoms with Gasteiger partial charge >= 0.3 is 0 Å². The van der Waals surface area contributed by atoms with Gasteiger partial charge in [0, 0.05) is 7.97 Å². The summed E-state index contributed by atoms with van der Waals surface area (Å²) in [7, 11) is 0. The predicted octanol–water partition coefficient (Wildman–Crippen LogP) is 5.24. The van der Waals surface area contributed by atoms with Crippen LogP contribution < -0.4 is 16.4 Å². The van der Waals surface area contributed by atoms with Crippen LogP contribution in [0.1, 0.15) is 58.7 Å². The fraction of sp³-hybridized carbons (Fsp3) is 0.233. The van der Waals surface area contributed by atoms with Gasteiger partial charge in [-0.05, 0) is 91.4 Å². The van der Waals surface area contributed by atoms with Gasteiger partial charge in [0.05, 0.1) is 34.7 Å². The Morgan fingerprint density at radius 2 is 1.95 bits per heavy atom. The Kier molecular flexibility index (Phi) is 7.31. The van der Waals surface area contributed by atoms with Crippen molar-refractivity contribution in [2.45, 2.75) is 32.4 Å². The molecule has 1 heterocycles. The van der Waals surface area contributed by atoms with E-state index in [2.05, 4.69) is 21.8 Å². The Hall–Kier alpha value is -4.32. The van der Waals surface area contributed by atoms with Crippen molar-refractivity contribution in [1.82, 2.24) is 15.1 Å². The first-order valence-electron chi connectivity index (χ1n) is 12.7. The number of nitriles is 1. The van der Waals surface area contributed by atoms with Crippen LogP contribution in [0.2, 0.25) is 0 Å². The van der Waals surface area contributed by atoms with Gasteiger partial charge in [0.1, 0.15) is 11.5 Å². The summed E-state index contributed by atoms with van der Waals surface area (Å²) < 4.78 is 16.5. The number of aryl methyl sites for hydroxylation is 1. The molecule has 5 rings (SSSR count). The van der Waals surface area contributed by atoms with E-state index in [9.17, 15) is 14.4 Å². The lowest BCUT2D eigenvalue weighted by atomic mass is 9.96. The van der Waals surface area contributed by atoms with Crippen LogP contribution in [0.3, 0.4) is 0 Å². The van der Waals surface area contributed by atoms with E-state index in [0.29, 0.717) is 29.4 Å². The monoisotopic (exact) mass is 510 g/mol. The topological polar surface area (TPSA) is 109 Å². The average molecular weight is 511 g/mol. The largest absolute Gasteiger partial charge is 0.326 e. The Bertz CT molecular complexity index is 1520.